The second-order valence-electron chi connectivity index (χ2n) is 5.93. The van der Waals surface area contributed by atoms with Gasteiger partial charge in [0.05, 0.1) is 6.54 Å². The molecular weight excluding hydrogens is 296 g/mol. The molecule has 2 rings (SSSR count). The van der Waals surface area contributed by atoms with Crippen LogP contribution in [0.25, 0.3) is 0 Å². The van der Waals surface area contributed by atoms with Gasteiger partial charge in [-0.2, -0.15) is 13.2 Å². The van der Waals surface area contributed by atoms with Crippen LogP contribution in [0.4, 0.5) is 17.6 Å². The quantitative estimate of drug-likeness (QED) is 0.637. The molecule has 0 spiro atoms. The number of rotatable bonds is 6. The Morgan fingerprint density at radius 2 is 1.73 bits per heavy atom. The summed E-state index contributed by atoms with van der Waals surface area (Å²) in [4.78, 5) is 2.31. The fraction of sp³-hybridized carbons (Fsp3) is 0.625. The minimum Gasteiger partial charge on any atom is -0.309 e. The molecule has 6 heteroatoms. The molecule has 1 N–H and O–H groups in total. The molecule has 0 bridgehead atoms. The number of benzene rings is 1. The summed E-state index contributed by atoms with van der Waals surface area (Å²) in [7, 11) is 0. The normalized spacial score (nSPS) is 17.8. The second-order valence-corrected chi connectivity index (χ2v) is 5.93. The van der Waals surface area contributed by atoms with Crippen LogP contribution in [-0.4, -0.2) is 37.3 Å². The Hall–Kier alpha value is -1.14. The molecule has 1 aliphatic rings. The third-order valence-electron chi connectivity index (χ3n) is 4.08. The zero-order chi connectivity index (χ0) is 16.0. The molecule has 1 aromatic rings. The summed E-state index contributed by atoms with van der Waals surface area (Å²) in [6.45, 7) is 2.21. The first-order chi connectivity index (χ1) is 10.4. The van der Waals surface area contributed by atoms with E-state index in [1.807, 2.05) is 0 Å². The number of alkyl halides is 3. The van der Waals surface area contributed by atoms with Crippen molar-refractivity contribution in [3.05, 3.63) is 35.6 Å². The number of halogens is 4. The highest BCUT2D eigenvalue weighted by atomic mass is 19.4. The van der Waals surface area contributed by atoms with E-state index in [2.05, 4.69) is 10.2 Å². The molecule has 2 nitrogen and oxygen atoms in total. The van der Waals surface area contributed by atoms with Gasteiger partial charge in [-0.15, -0.1) is 0 Å². The van der Waals surface area contributed by atoms with Crippen LogP contribution >= 0.6 is 0 Å². The van der Waals surface area contributed by atoms with Gasteiger partial charge in [0.1, 0.15) is 5.82 Å². The van der Waals surface area contributed by atoms with Crippen molar-refractivity contribution in [2.45, 2.75) is 32.0 Å². The molecule has 0 amide bonds. The van der Waals surface area contributed by atoms with Gasteiger partial charge in [-0.05, 0) is 62.5 Å². The summed E-state index contributed by atoms with van der Waals surface area (Å²) in [5.74, 6) is 0.263. The van der Waals surface area contributed by atoms with Gasteiger partial charge in [0.25, 0.3) is 0 Å². The van der Waals surface area contributed by atoms with E-state index in [9.17, 15) is 17.6 Å². The summed E-state index contributed by atoms with van der Waals surface area (Å²) in [5.41, 5.74) is 1.09. The highest BCUT2D eigenvalue weighted by Crippen LogP contribution is 2.21. The van der Waals surface area contributed by atoms with Gasteiger partial charge < -0.3 is 5.32 Å². The van der Waals surface area contributed by atoms with Crippen molar-refractivity contribution < 1.29 is 17.6 Å². The molecule has 0 saturated carbocycles. The maximum atomic E-state index is 12.8. The molecule has 0 unspecified atom stereocenters. The lowest BCUT2D eigenvalue weighted by Crippen LogP contribution is -2.35. The topological polar surface area (TPSA) is 15.3 Å². The van der Waals surface area contributed by atoms with Gasteiger partial charge in [0.15, 0.2) is 0 Å². The smallest absolute Gasteiger partial charge is 0.309 e. The monoisotopic (exact) mass is 318 g/mol. The van der Waals surface area contributed by atoms with Crippen LogP contribution in [0.2, 0.25) is 0 Å². The molecule has 1 aliphatic heterocycles. The number of piperidine rings is 1. The fourth-order valence-electron chi connectivity index (χ4n) is 2.82. The summed E-state index contributed by atoms with van der Waals surface area (Å²) in [6, 6.07) is 6.52. The number of nitrogens with one attached hydrogen (secondary N) is 1. The van der Waals surface area contributed by atoms with E-state index < -0.39 is 12.7 Å². The molecule has 0 aliphatic carbocycles. The van der Waals surface area contributed by atoms with E-state index in [0.717, 1.165) is 44.5 Å². The maximum Gasteiger partial charge on any atom is 0.401 e. The molecule has 1 aromatic carbocycles. The van der Waals surface area contributed by atoms with Crippen LogP contribution in [0.3, 0.4) is 0 Å². The molecular formula is C16H22F4N2. The van der Waals surface area contributed by atoms with Gasteiger partial charge >= 0.3 is 6.18 Å². The Bertz CT molecular complexity index is 436. The Kier molecular flexibility index (Phi) is 6.20. The van der Waals surface area contributed by atoms with Crippen molar-refractivity contribution in [1.82, 2.24) is 10.2 Å². The van der Waals surface area contributed by atoms with Gasteiger partial charge in [-0.25, -0.2) is 4.39 Å². The van der Waals surface area contributed by atoms with Crippen molar-refractivity contribution >= 4 is 0 Å². The number of nitrogens with zero attached hydrogens (tertiary/aromatic N) is 1. The van der Waals surface area contributed by atoms with Crippen molar-refractivity contribution in [2.75, 3.05) is 26.2 Å². The van der Waals surface area contributed by atoms with Crippen molar-refractivity contribution in [1.29, 1.82) is 0 Å². The van der Waals surface area contributed by atoms with Crippen LogP contribution in [0.1, 0.15) is 24.8 Å². The number of hydrogen-bond donors (Lipinski definition) is 1. The Morgan fingerprint density at radius 3 is 2.32 bits per heavy atom. The Balaban J connectivity index is 1.62. The second kappa shape index (κ2) is 7.92. The van der Waals surface area contributed by atoms with Crippen LogP contribution in [0.5, 0.6) is 0 Å². The highest BCUT2D eigenvalue weighted by molar-refractivity contribution is 5.15. The lowest BCUT2D eigenvalue weighted by molar-refractivity contribution is -0.124. The van der Waals surface area contributed by atoms with Crippen molar-refractivity contribution in [2.24, 2.45) is 5.92 Å². The minimum atomic E-state index is -4.13. The minimum absolute atomic E-state index is 0.228. The summed E-state index contributed by atoms with van der Waals surface area (Å²) in [5, 5.41) is 2.45. The predicted molar refractivity (Wildman–Crippen MR) is 77.9 cm³/mol. The van der Waals surface area contributed by atoms with Crippen LogP contribution < -0.4 is 5.32 Å². The van der Waals surface area contributed by atoms with Crippen LogP contribution in [0.15, 0.2) is 24.3 Å². The predicted octanol–water partition coefficient (Wildman–Crippen LogP) is 3.58. The van der Waals surface area contributed by atoms with E-state index in [4.69, 9.17) is 0 Å². The molecule has 22 heavy (non-hydrogen) atoms. The molecule has 1 saturated heterocycles. The van der Waals surface area contributed by atoms with Gasteiger partial charge in [-0.1, -0.05) is 12.1 Å². The molecule has 124 valence electrons. The van der Waals surface area contributed by atoms with E-state index in [0.29, 0.717) is 12.5 Å². The van der Waals surface area contributed by atoms with E-state index >= 15 is 0 Å². The number of hydrogen-bond acceptors (Lipinski definition) is 2. The molecule has 0 atom stereocenters. The Morgan fingerprint density at radius 1 is 1.09 bits per heavy atom. The first-order valence-corrected chi connectivity index (χ1v) is 7.66. The maximum absolute atomic E-state index is 12.8. The molecule has 0 aromatic heterocycles. The van der Waals surface area contributed by atoms with E-state index in [1.165, 1.54) is 12.1 Å². The van der Waals surface area contributed by atoms with Gasteiger partial charge in [-0.3, -0.25) is 4.90 Å². The first kappa shape index (κ1) is 17.2. The van der Waals surface area contributed by atoms with Crippen molar-refractivity contribution in [3.63, 3.8) is 0 Å². The average Bonchev–Trinajstić information content (AvgIpc) is 2.47. The molecule has 0 radical (unpaired) electrons. The lowest BCUT2D eigenvalue weighted by Gasteiger charge is -2.32. The Labute approximate surface area is 128 Å². The fourth-order valence-corrected chi connectivity index (χ4v) is 2.82. The first-order valence-electron chi connectivity index (χ1n) is 7.66. The van der Waals surface area contributed by atoms with E-state index in [1.54, 1.807) is 12.1 Å². The molecule has 1 fully saturated rings. The lowest BCUT2D eigenvalue weighted by atomic mass is 9.93. The van der Waals surface area contributed by atoms with Gasteiger partial charge in [0.2, 0.25) is 0 Å². The summed E-state index contributed by atoms with van der Waals surface area (Å²) >= 11 is 0. The largest absolute Gasteiger partial charge is 0.401 e. The van der Waals surface area contributed by atoms with Crippen LogP contribution in [-0.2, 0) is 6.54 Å². The van der Waals surface area contributed by atoms with Gasteiger partial charge in [0, 0.05) is 6.54 Å². The standard InChI is InChI=1S/C16H22F4N2/c17-15-3-1-14(2-4-15)11-22-9-6-13(7-10-22)5-8-21-12-16(18,19)20/h1-4,13,21H,5-12H2. The van der Waals surface area contributed by atoms with Crippen molar-refractivity contribution in [3.8, 4) is 0 Å². The molecule has 1 heterocycles. The number of likely N-dealkylation sites (tertiary alicyclic amines) is 1. The highest BCUT2D eigenvalue weighted by Gasteiger charge is 2.26. The van der Waals surface area contributed by atoms with E-state index in [-0.39, 0.29) is 5.82 Å². The SMILES string of the molecule is Fc1ccc(CN2CCC(CCNCC(F)(F)F)CC2)cc1. The zero-order valence-electron chi connectivity index (χ0n) is 12.5. The third kappa shape index (κ3) is 6.32. The average molecular weight is 318 g/mol. The third-order valence-corrected chi connectivity index (χ3v) is 4.08. The zero-order valence-corrected chi connectivity index (χ0v) is 12.5. The summed E-state index contributed by atoms with van der Waals surface area (Å²) < 4.78 is 48.9. The summed E-state index contributed by atoms with van der Waals surface area (Å²) in [6.07, 6.45) is -1.32. The van der Waals surface area contributed by atoms with Crippen LogP contribution in [0, 0.1) is 11.7 Å².